The standard InChI is InChI=1S/C24H37NO3S/c1-17(2)11-9-10-12-29(27,28)19(16-25)13-18-14-20(23(3,4)5)22(26)21(15-18)24(6,7)8/h13-15,17,26H,9-12H2,1-8H3/b19-13-. The zero-order valence-electron chi connectivity index (χ0n) is 19.3. The van der Waals surface area contributed by atoms with Crippen molar-refractivity contribution >= 4 is 15.9 Å². The van der Waals surface area contributed by atoms with Gasteiger partial charge in [0.2, 0.25) is 0 Å². The second kappa shape index (κ2) is 9.34. The van der Waals surface area contributed by atoms with E-state index in [0.717, 1.165) is 24.0 Å². The van der Waals surface area contributed by atoms with Crippen molar-refractivity contribution < 1.29 is 13.5 Å². The van der Waals surface area contributed by atoms with Crippen molar-refractivity contribution in [3.63, 3.8) is 0 Å². The summed E-state index contributed by atoms with van der Waals surface area (Å²) in [6.45, 7) is 16.2. The van der Waals surface area contributed by atoms with Gasteiger partial charge in [0.15, 0.2) is 9.84 Å². The molecular formula is C24H37NO3S. The maximum Gasteiger partial charge on any atom is 0.188 e. The van der Waals surface area contributed by atoms with Crippen LogP contribution in [-0.4, -0.2) is 19.3 Å². The second-order valence-electron chi connectivity index (χ2n) is 10.3. The number of nitriles is 1. The number of hydrogen-bond acceptors (Lipinski definition) is 4. The van der Waals surface area contributed by atoms with Gasteiger partial charge in [-0.15, -0.1) is 0 Å². The number of phenols is 1. The number of rotatable bonds is 7. The Balaban J connectivity index is 3.40. The molecule has 0 aliphatic rings. The minimum Gasteiger partial charge on any atom is -0.507 e. The van der Waals surface area contributed by atoms with Crippen LogP contribution in [-0.2, 0) is 20.7 Å². The van der Waals surface area contributed by atoms with Gasteiger partial charge in [0.05, 0.1) is 5.75 Å². The summed E-state index contributed by atoms with van der Waals surface area (Å²) >= 11 is 0. The van der Waals surface area contributed by atoms with E-state index in [9.17, 15) is 18.8 Å². The van der Waals surface area contributed by atoms with Crippen LogP contribution in [0, 0.1) is 17.2 Å². The topological polar surface area (TPSA) is 78.2 Å². The van der Waals surface area contributed by atoms with Gasteiger partial charge in [0.1, 0.15) is 16.7 Å². The van der Waals surface area contributed by atoms with Crippen molar-refractivity contribution in [2.45, 2.75) is 85.5 Å². The predicted octanol–water partition coefficient (Wildman–Crippen LogP) is 6.09. The first kappa shape index (κ1) is 25.2. The molecule has 1 aromatic rings. The van der Waals surface area contributed by atoms with Crippen LogP contribution in [0.2, 0.25) is 0 Å². The molecule has 1 N–H and O–H groups in total. The number of benzene rings is 1. The first-order valence-corrected chi connectivity index (χ1v) is 12.0. The van der Waals surface area contributed by atoms with Gasteiger partial charge < -0.3 is 5.11 Å². The third-order valence-electron chi connectivity index (χ3n) is 4.94. The van der Waals surface area contributed by atoms with E-state index in [1.165, 1.54) is 6.08 Å². The Hall–Kier alpha value is -1.80. The molecule has 4 nitrogen and oxygen atoms in total. The highest BCUT2D eigenvalue weighted by Crippen LogP contribution is 2.40. The Labute approximate surface area is 177 Å². The number of nitrogens with zero attached hydrogens (tertiary/aromatic N) is 1. The van der Waals surface area contributed by atoms with Crippen molar-refractivity contribution in [2.75, 3.05) is 5.75 Å². The molecule has 162 valence electrons. The van der Waals surface area contributed by atoms with Crippen LogP contribution < -0.4 is 0 Å². The molecule has 0 radical (unpaired) electrons. The third-order valence-corrected chi connectivity index (χ3v) is 6.64. The smallest absolute Gasteiger partial charge is 0.188 e. The number of phenolic OH excluding ortho intramolecular Hbond substituents is 1. The van der Waals surface area contributed by atoms with Gasteiger partial charge >= 0.3 is 0 Å². The van der Waals surface area contributed by atoms with Crippen molar-refractivity contribution in [1.82, 2.24) is 0 Å². The molecule has 0 saturated carbocycles. The predicted molar refractivity (Wildman–Crippen MR) is 122 cm³/mol. The Bertz CT molecular complexity index is 855. The van der Waals surface area contributed by atoms with Crippen LogP contribution in [0.4, 0.5) is 0 Å². The number of hydrogen-bond donors (Lipinski definition) is 1. The molecule has 0 bridgehead atoms. The monoisotopic (exact) mass is 419 g/mol. The van der Waals surface area contributed by atoms with E-state index in [4.69, 9.17) is 0 Å². The lowest BCUT2D eigenvalue weighted by Gasteiger charge is -2.28. The van der Waals surface area contributed by atoms with E-state index < -0.39 is 9.84 Å². The quantitative estimate of drug-likeness (QED) is 0.428. The fourth-order valence-electron chi connectivity index (χ4n) is 3.18. The fraction of sp³-hybridized carbons (Fsp3) is 0.625. The third kappa shape index (κ3) is 7.19. The Morgan fingerprint density at radius 1 is 1.07 bits per heavy atom. The molecule has 0 atom stereocenters. The van der Waals surface area contributed by atoms with Crippen molar-refractivity contribution in [2.24, 2.45) is 5.92 Å². The molecule has 1 rings (SSSR count). The maximum absolute atomic E-state index is 12.7. The molecule has 29 heavy (non-hydrogen) atoms. The first-order chi connectivity index (χ1) is 13.1. The highest BCUT2D eigenvalue weighted by Gasteiger charge is 2.27. The molecular weight excluding hydrogens is 382 g/mol. The molecule has 0 aliphatic carbocycles. The summed E-state index contributed by atoms with van der Waals surface area (Å²) in [5, 5.41) is 20.4. The van der Waals surface area contributed by atoms with Gasteiger partial charge in [0.25, 0.3) is 0 Å². The van der Waals surface area contributed by atoms with Gasteiger partial charge in [-0.2, -0.15) is 5.26 Å². The average molecular weight is 420 g/mol. The zero-order chi connectivity index (χ0) is 22.6. The lowest BCUT2D eigenvalue weighted by Crippen LogP contribution is -2.17. The van der Waals surface area contributed by atoms with Crippen molar-refractivity contribution in [3.8, 4) is 11.8 Å². The second-order valence-corrected chi connectivity index (χ2v) is 12.4. The lowest BCUT2D eigenvalue weighted by molar-refractivity contribution is 0.423. The molecule has 0 aromatic heterocycles. The zero-order valence-corrected chi connectivity index (χ0v) is 20.1. The molecule has 0 heterocycles. The molecule has 0 spiro atoms. The highest BCUT2D eigenvalue weighted by molar-refractivity contribution is 7.95. The number of unbranched alkanes of at least 4 members (excludes halogenated alkanes) is 1. The lowest BCUT2D eigenvalue weighted by atomic mass is 9.78. The average Bonchev–Trinajstić information content (AvgIpc) is 2.55. The minimum atomic E-state index is -3.64. The summed E-state index contributed by atoms with van der Waals surface area (Å²) < 4.78 is 25.4. The molecule has 1 aromatic carbocycles. The summed E-state index contributed by atoms with van der Waals surface area (Å²) in [6, 6.07) is 5.46. The fourth-order valence-corrected chi connectivity index (χ4v) is 4.44. The van der Waals surface area contributed by atoms with Gasteiger partial charge in [-0.1, -0.05) is 68.2 Å². The highest BCUT2D eigenvalue weighted by atomic mass is 32.2. The number of sulfone groups is 1. The van der Waals surface area contributed by atoms with E-state index >= 15 is 0 Å². The molecule has 0 saturated heterocycles. The molecule has 0 amide bonds. The molecule has 0 aliphatic heterocycles. The van der Waals surface area contributed by atoms with Gasteiger partial charge in [0, 0.05) is 11.1 Å². The summed E-state index contributed by atoms with van der Waals surface area (Å²) in [7, 11) is -3.64. The van der Waals surface area contributed by atoms with Gasteiger partial charge in [-0.3, -0.25) is 0 Å². The SMILES string of the molecule is CC(C)CCCCS(=O)(=O)/C(C#N)=C\c1cc(C(C)(C)C)c(O)c(C(C)(C)C)c1. The molecule has 0 fully saturated rings. The van der Waals surface area contributed by atoms with Crippen LogP contribution in [0.1, 0.15) is 91.3 Å². The summed E-state index contributed by atoms with van der Waals surface area (Å²) in [5.41, 5.74) is 1.46. The van der Waals surface area contributed by atoms with Crippen LogP contribution in [0.15, 0.2) is 17.0 Å². The maximum atomic E-state index is 12.7. The van der Waals surface area contributed by atoms with Crippen LogP contribution in [0.25, 0.3) is 6.08 Å². The van der Waals surface area contributed by atoms with E-state index in [-0.39, 0.29) is 27.2 Å². The normalized spacial score (nSPS) is 13.6. The van der Waals surface area contributed by atoms with Crippen LogP contribution >= 0.6 is 0 Å². The number of aromatic hydroxyl groups is 1. The van der Waals surface area contributed by atoms with E-state index in [2.05, 4.69) is 13.8 Å². The Morgan fingerprint density at radius 3 is 1.93 bits per heavy atom. The van der Waals surface area contributed by atoms with Crippen molar-refractivity contribution in [3.05, 3.63) is 33.7 Å². The van der Waals surface area contributed by atoms with Crippen LogP contribution in [0.5, 0.6) is 5.75 Å². The summed E-state index contributed by atoms with van der Waals surface area (Å²) in [6.07, 6.45) is 3.80. The Kier molecular flexibility index (Phi) is 8.13. The van der Waals surface area contributed by atoms with E-state index in [1.807, 2.05) is 47.6 Å². The van der Waals surface area contributed by atoms with E-state index in [1.54, 1.807) is 12.1 Å². The van der Waals surface area contributed by atoms with E-state index in [0.29, 0.717) is 17.9 Å². The summed E-state index contributed by atoms with van der Waals surface area (Å²) in [4.78, 5) is -0.215. The first-order valence-electron chi connectivity index (χ1n) is 10.3. The largest absolute Gasteiger partial charge is 0.507 e. The molecule has 5 heteroatoms. The van der Waals surface area contributed by atoms with Gasteiger partial charge in [-0.05, 0) is 46.9 Å². The molecule has 0 unspecified atom stereocenters. The number of allylic oxidation sites excluding steroid dienone is 1. The Morgan fingerprint density at radius 2 is 1.55 bits per heavy atom. The van der Waals surface area contributed by atoms with Crippen LogP contribution in [0.3, 0.4) is 0 Å². The minimum absolute atomic E-state index is 0.0184. The van der Waals surface area contributed by atoms with Gasteiger partial charge in [-0.25, -0.2) is 8.42 Å². The summed E-state index contributed by atoms with van der Waals surface area (Å²) in [5.74, 6) is 0.750. The van der Waals surface area contributed by atoms with Crippen molar-refractivity contribution in [1.29, 1.82) is 5.26 Å².